The molecule has 1 amide bonds. The number of anilines is 1. The second-order valence-electron chi connectivity index (χ2n) is 7.61. The maximum absolute atomic E-state index is 12.9. The van der Waals surface area contributed by atoms with Gasteiger partial charge in [0.15, 0.2) is 11.6 Å². The molecule has 1 N–H and O–H groups in total. The van der Waals surface area contributed by atoms with Gasteiger partial charge in [-0.25, -0.2) is 9.78 Å². The highest BCUT2D eigenvalue weighted by Crippen LogP contribution is 2.30. The molecular formula is C21H23N3O4. The predicted molar refractivity (Wildman–Crippen MR) is 105 cm³/mol. The summed E-state index contributed by atoms with van der Waals surface area (Å²) in [7, 11) is 1.63. The molecule has 0 fully saturated rings. The Morgan fingerprint density at radius 3 is 2.36 bits per heavy atom. The molecule has 1 aliphatic rings. The zero-order valence-electron chi connectivity index (χ0n) is 16.4. The smallest absolute Gasteiger partial charge is 0.410 e. The number of rotatable bonds is 4. The van der Waals surface area contributed by atoms with E-state index in [1.807, 2.05) is 0 Å². The Labute approximate surface area is 163 Å². The third-order valence-corrected chi connectivity index (χ3v) is 4.28. The van der Waals surface area contributed by atoms with Crippen LogP contribution in [0.3, 0.4) is 0 Å². The zero-order chi connectivity index (χ0) is 20.5. The number of carbonyl (C=O) groups is 3. The Morgan fingerprint density at radius 2 is 1.71 bits per heavy atom. The van der Waals surface area contributed by atoms with Gasteiger partial charge in [0.2, 0.25) is 0 Å². The number of carbonyl (C=O) groups excluding carboxylic acids is 3. The lowest BCUT2D eigenvalue weighted by molar-refractivity contribution is 0.0305. The summed E-state index contributed by atoms with van der Waals surface area (Å²) in [5, 5.41) is 3.07. The van der Waals surface area contributed by atoms with Gasteiger partial charge < -0.3 is 15.0 Å². The van der Waals surface area contributed by atoms with Crippen LogP contribution in [0.2, 0.25) is 0 Å². The molecule has 0 aliphatic heterocycles. The Hall–Kier alpha value is -3.22. The first-order valence-electron chi connectivity index (χ1n) is 9.04. The summed E-state index contributed by atoms with van der Waals surface area (Å²) in [4.78, 5) is 43.4. The number of amides is 1. The molecule has 0 bridgehead atoms. The first-order chi connectivity index (χ1) is 13.2. The molecule has 3 rings (SSSR count). The van der Waals surface area contributed by atoms with E-state index in [1.165, 1.54) is 11.1 Å². The number of ketones is 2. The molecule has 1 aliphatic carbocycles. The molecule has 7 heteroatoms. The first kappa shape index (κ1) is 19.5. The first-order valence-corrected chi connectivity index (χ1v) is 9.04. The number of nitrogens with one attached hydrogen (secondary N) is 1. The van der Waals surface area contributed by atoms with Crippen LogP contribution >= 0.6 is 0 Å². The minimum atomic E-state index is -0.570. The van der Waals surface area contributed by atoms with Gasteiger partial charge in [-0.3, -0.25) is 9.59 Å². The third kappa shape index (κ3) is 3.88. The van der Waals surface area contributed by atoms with Gasteiger partial charge in [-0.15, -0.1) is 0 Å². The lowest BCUT2D eigenvalue weighted by atomic mass is 9.84. The maximum Gasteiger partial charge on any atom is 0.410 e. The molecule has 7 nitrogen and oxygen atoms in total. The lowest BCUT2D eigenvalue weighted by Crippen LogP contribution is -2.36. The Kier molecular flexibility index (Phi) is 5.18. The summed E-state index contributed by atoms with van der Waals surface area (Å²) in [5.74, 6) is -0.0919. The molecule has 0 radical (unpaired) electrons. The van der Waals surface area contributed by atoms with E-state index in [-0.39, 0.29) is 17.1 Å². The number of pyridine rings is 1. The molecular weight excluding hydrogens is 358 g/mol. The molecule has 0 atom stereocenters. The van der Waals surface area contributed by atoms with Gasteiger partial charge in [-0.1, -0.05) is 24.3 Å². The zero-order valence-corrected chi connectivity index (χ0v) is 16.4. The van der Waals surface area contributed by atoms with E-state index in [4.69, 9.17) is 4.74 Å². The van der Waals surface area contributed by atoms with Gasteiger partial charge in [-0.05, 0) is 26.8 Å². The quantitative estimate of drug-likeness (QED) is 0.747. The van der Waals surface area contributed by atoms with E-state index in [2.05, 4.69) is 10.3 Å². The van der Waals surface area contributed by atoms with Gasteiger partial charge in [-0.2, -0.15) is 0 Å². The summed E-state index contributed by atoms with van der Waals surface area (Å²) in [6.07, 6.45) is 1.07. The average molecular weight is 381 g/mol. The Bertz CT molecular complexity index is 947. The average Bonchev–Trinajstić information content (AvgIpc) is 2.64. The summed E-state index contributed by atoms with van der Waals surface area (Å²) in [6.45, 7) is 6.11. The molecule has 0 spiro atoms. The van der Waals surface area contributed by atoms with Gasteiger partial charge in [0.1, 0.15) is 11.4 Å². The highest BCUT2D eigenvalue weighted by Gasteiger charge is 2.32. The fourth-order valence-corrected chi connectivity index (χ4v) is 2.95. The minimum absolute atomic E-state index is 0.193. The minimum Gasteiger partial charge on any atom is -0.444 e. The van der Waals surface area contributed by atoms with E-state index in [9.17, 15) is 14.4 Å². The van der Waals surface area contributed by atoms with Crippen molar-refractivity contribution in [1.82, 2.24) is 9.88 Å². The van der Waals surface area contributed by atoms with Crippen molar-refractivity contribution in [2.75, 3.05) is 25.5 Å². The number of benzene rings is 1. The maximum atomic E-state index is 12.9. The molecule has 1 aromatic carbocycles. The van der Waals surface area contributed by atoms with Crippen LogP contribution in [0.4, 0.5) is 10.6 Å². The van der Waals surface area contributed by atoms with Crippen LogP contribution in [-0.4, -0.2) is 53.3 Å². The number of ether oxygens (including phenoxy) is 1. The molecule has 0 unspecified atom stereocenters. The van der Waals surface area contributed by atoms with E-state index in [1.54, 1.807) is 58.2 Å². The molecule has 28 heavy (non-hydrogen) atoms. The number of aromatic nitrogens is 1. The largest absolute Gasteiger partial charge is 0.444 e. The molecule has 0 saturated carbocycles. The van der Waals surface area contributed by atoms with E-state index in [0.29, 0.717) is 35.6 Å². The normalized spacial score (nSPS) is 12.9. The summed E-state index contributed by atoms with van der Waals surface area (Å²) >= 11 is 0. The molecule has 1 aromatic heterocycles. The van der Waals surface area contributed by atoms with Gasteiger partial charge >= 0.3 is 6.09 Å². The fourth-order valence-electron chi connectivity index (χ4n) is 2.95. The highest BCUT2D eigenvalue weighted by molar-refractivity contribution is 6.29. The highest BCUT2D eigenvalue weighted by atomic mass is 16.6. The second kappa shape index (κ2) is 7.42. The van der Waals surface area contributed by atoms with Crippen LogP contribution in [0, 0.1) is 0 Å². The Morgan fingerprint density at radius 1 is 1.07 bits per heavy atom. The molecule has 1 heterocycles. The van der Waals surface area contributed by atoms with Crippen LogP contribution in [0.15, 0.2) is 36.5 Å². The second-order valence-corrected chi connectivity index (χ2v) is 7.61. The van der Waals surface area contributed by atoms with E-state index >= 15 is 0 Å². The van der Waals surface area contributed by atoms with Gasteiger partial charge in [0.05, 0.1) is 5.56 Å². The standard InChI is InChI=1S/C21H23N3O4/c1-21(2,3)28-20(27)24(4)12-11-23-19-16-15(9-10-22-19)17(25)13-7-5-6-8-14(13)18(16)26/h5-10H,11-12H2,1-4H3,(H,22,23). The van der Waals surface area contributed by atoms with Crippen molar-refractivity contribution in [2.45, 2.75) is 26.4 Å². The monoisotopic (exact) mass is 381 g/mol. The predicted octanol–water partition coefficient (Wildman–Crippen LogP) is 3.14. The molecule has 2 aromatic rings. The van der Waals surface area contributed by atoms with E-state index in [0.717, 1.165) is 0 Å². The van der Waals surface area contributed by atoms with Crippen LogP contribution in [0.5, 0.6) is 0 Å². The van der Waals surface area contributed by atoms with Crippen molar-refractivity contribution in [2.24, 2.45) is 0 Å². The van der Waals surface area contributed by atoms with Gasteiger partial charge in [0.25, 0.3) is 0 Å². The summed E-state index contributed by atoms with van der Waals surface area (Å²) in [5.41, 5.74) is 0.815. The van der Waals surface area contributed by atoms with E-state index < -0.39 is 11.7 Å². The van der Waals surface area contributed by atoms with Crippen molar-refractivity contribution in [3.8, 4) is 0 Å². The van der Waals surface area contributed by atoms with Crippen molar-refractivity contribution in [3.63, 3.8) is 0 Å². The fraction of sp³-hybridized carbons (Fsp3) is 0.333. The van der Waals surface area contributed by atoms with Gasteiger partial charge in [0, 0.05) is 43.0 Å². The molecule has 0 saturated heterocycles. The van der Waals surface area contributed by atoms with Crippen LogP contribution in [-0.2, 0) is 4.74 Å². The Balaban J connectivity index is 1.75. The SMILES string of the molecule is CN(CCNc1nccc2c1C(=O)c1ccccc1C2=O)C(=O)OC(C)(C)C. The van der Waals surface area contributed by atoms with Crippen molar-refractivity contribution >= 4 is 23.5 Å². The number of fused-ring (bicyclic) bond motifs is 2. The number of nitrogens with zero attached hydrogens (tertiary/aromatic N) is 2. The van der Waals surface area contributed by atoms with Crippen molar-refractivity contribution in [3.05, 3.63) is 58.8 Å². The van der Waals surface area contributed by atoms with Crippen molar-refractivity contribution in [1.29, 1.82) is 0 Å². The number of hydrogen-bond donors (Lipinski definition) is 1. The number of hydrogen-bond acceptors (Lipinski definition) is 6. The van der Waals surface area contributed by atoms with Crippen LogP contribution in [0.25, 0.3) is 0 Å². The topological polar surface area (TPSA) is 88.6 Å². The van der Waals surface area contributed by atoms with Crippen LogP contribution < -0.4 is 5.32 Å². The van der Waals surface area contributed by atoms with Crippen molar-refractivity contribution < 1.29 is 19.1 Å². The lowest BCUT2D eigenvalue weighted by Gasteiger charge is -2.25. The number of likely N-dealkylation sites (N-methyl/N-ethyl adjacent to an activating group) is 1. The van der Waals surface area contributed by atoms with Crippen LogP contribution in [0.1, 0.15) is 52.6 Å². The molecule has 146 valence electrons. The third-order valence-electron chi connectivity index (χ3n) is 4.28. The summed E-state index contributed by atoms with van der Waals surface area (Å²) in [6, 6.07) is 8.33. The summed E-state index contributed by atoms with van der Waals surface area (Å²) < 4.78 is 5.31.